The Labute approximate surface area is 103 Å². The normalized spacial score (nSPS) is 24.8. The molecule has 1 rings (SSSR count). The van der Waals surface area contributed by atoms with E-state index in [-0.39, 0.29) is 18.2 Å². The number of nitrogens with zero attached hydrogens (tertiary/aromatic N) is 3. The van der Waals surface area contributed by atoms with E-state index in [0.717, 1.165) is 19.3 Å². The minimum Gasteiger partial charge on any atom is -0.396 e. The zero-order valence-corrected chi connectivity index (χ0v) is 11.0. The lowest BCUT2D eigenvalue weighted by Crippen LogP contribution is -2.17. The van der Waals surface area contributed by atoms with Crippen LogP contribution < -0.4 is 0 Å². The van der Waals surface area contributed by atoms with E-state index in [4.69, 9.17) is 15.4 Å². The van der Waals surface area contributed by atoms with Crippen LogP contribution in [0.25, 0.3) is 10.4 Å². The molecule has 0 bridgehead atoms. The van der Waals surface area contributed by atoms with E-state index in [1.807, 2.05) is 0 Å². The lowest BCUT2D eigenvalue weighted by atomic mass is 9.91. The third-order valence-corrected chi connectivity index (χ3v) is 3.56. The number of aliphatic hydroxyl groups excluding tert-OH is 1. The van der Waals surface area contributed by atoms with Crippen molar-refractivity contribution in [3.63, 3.8) is 0 Å². The second kappa shape index (κ2) is 6.24. The third kappa shape index (κ3) is 4.54. The summed E-state index contributed by atoms with van der Waals surface area (Å²) >= 11 is 0. The Balaban J connectivity index is 2.31. The maximum Gasteiger partial charge on any atom is 0.0892 e. The lowest BCUT2D eigenvalue weighted by Gasteiger charge is -2.18. The lowest BCUT2D eigenvalue weighted by molar-refractivity contribution is 0.266. The molecule has 1 heterocycles. The zero-order valence-electron chi connectivity index (χ0n) is 11.0. The van der Waals surface area contributed by atoms with Crippen molar-refractivity contribution < 1.29 is 9.84 Å². The van der Waals surface area contributed by atoms with Crippen molar-refractivity contribution in [3.05, 3.63) is 10.4 Å². The predicted molar refractivity (Wildman–Crippen MR) is 66.6 cm³/mol. The molecule has 17 heavy (non-hydrogen) atoms. The molecule has 1 aliphatic rings. The molecule has 0 amide bonds. The average Bonchev–Trinajstić information content (AvgIpc) is 2.89. The second-order valence-electron chi connectivity index (χ2n) is 5.40. The molecule has 98 valence electrons. The minimum absolute atomic E-state index is 0.00554. The molecule has 1 N–H and O–H groups in total. The Morgan fingerprint density at radius 3 is 2.59 bits per heavy atom. The van der Waals surface area contributed by atoms with E-state index in [0.29, 0.717) is 18.4 Å². The molecule has 1 aliphatic heterocycles. The molecule has 0 radical (unpaired) electrons. The third-order valence-electron chi connectivity index (χ3n) is 3.56. The van der Waals surface area contributed by atoms with Crippen molar-refractivity contribution >= 4 is 0 Å². The first kappa shape index (κ1) is 14.3. The number of ether oxygens (including phenoxy) is 1. The summed E-state index contributed by atoms with van der Waals surface area (Å²) in [6.07, 6.45) is 3.83. The number of epoxide rings is 1. The Hall–Kier alpha value is -0.770. The monoisotopic (exact) mass is 241 g/mol. The second-order valence-corrected chi connectivity index (χ2v) is 5.40. The molecule has 5 heteroatoms. The summed E-state index contributed by atoms with van der Waals surface area (Å²) in [6, 6.07) is -0.00554. The van der Waals surface area contributed by atoms with Crippen LogP contribution in [0.1, 0.15) is 46.5 Å². The Kier molecular flexibility index (Phi) is 5.25. The summed E-state index contributed by atoms with van der Waals surface area (Å²) < 4.78 is 5.53. The van der Waals surface area contributed by atoms with Crippen LogP contribution in [-0.4, -0.2) is 29.5 Å². The van der Waals surface area contributed by atoms with E-state index in [1.54, 1.807) is 0 Å². The van der Waals surface area contributed by atoms with Gasteiger partial charge in [0, 0.05) is 17.6 Å². The standard InChI is InChI=1S/C12H23N3O2/c1-9(6-7-11-12(2,3)17-11)10(14-15-13)5-4-8-16/h9-11,16H,4-8H2,1-3H3/t9-,10+,11?/m1/s1. The molecule has 0 aliphatic carbocycles. The summed E-state index contributed by atoms with van der Waals surface area (Å²) in [6.45, 7) is 6.45. The van der Waals surface area contributed by atoms with Gasteiger partial charge in [0.1, 0.15) is 0 Å². The number of hydrogen-bond donors (Lipinski definition) is 1. The molecule has 0 aromatic carbocycles. The summed E-state index contributed by atoms with van der Waals surface area (Å²) in [5.41, 5.74) is 8.57. The summed E-state index contributed by atoms with van der Waals surface area (Å²) in [4.78, 5) is 2.89. The van der Waals surface area contributed by atoms with Gasteiger partial charge in [0.2, 0.25) is 0 Å². The topological polar surface area (TPSA) is 81.5 Å². The molecular formula is C12H23N3O2. The van der Waals surface area contributed by atoms with Crippen molar-refractivity contribution in [1.82, 2.24) is 0 Å². The van der Waals surface area contributed by atoms with Gasteiger partial charge in [-0.25, -0.2) is 0 Å². The number of azide groups is 1. The van der Waals surface area contributed by atoms with Gasteiger partial charge >= 0.3 is 0 Å². The van der Waals surface area contributed by atoms with Crippen molar-refractivity contribution in [2.45, 2.75) is 64.2 Å². The molecule has 1 unspecified atom stereocenters. The van der Waals surface area contributed by atoms with E-state index >= 15 is 0 Å². The predicted octanol–water partition coefficient (Wildman–Crippen LogP) is 3.03. The van der Waals surface area contributed by atoms with Gasteiger partial charge in [-0.1, -0.05) is 12.0 Å². The van der Waals surface area contributed by atoms with E-state index in [9.17, 15) is 0 Å². The molecule has 3 atom stereocenters. The number of aliphatic hydroxyl groups is 1. The summed E-state index contributed by atoms with van der Waals surface area (Å²) in [5.74, 6) is 0.345. The van der Waals surface area contributed by atoms with Crippen molar-refractivity contribution in [3.8, 4) is 0 Å². The summed E-state index contributed by atoms with van der Waals surface area (Å²) in [5, 5.41) is 12.6. The fraction of sp³-hybridized carbons (Fsp3) is 1.00. The van der Waals surface area contributed by atoms with Gasteiger partial charge in [-0.2, -0.15) is 0 Å². The number of hydrogen-bond acceptors (Lipinski definition) is 3. The van der Waals surface area contributed by atoms with Gasteiger partial charge in [-0.05, 0) is 51.0 Å². The largest absolute Gasteiger partial charge is 0.396 e. The molecule has 1 fully saturated rings. The molecule has 1 saturated heterocycles. The molecular weight excluding hydrogens is 218 g/mol. The Morgan fingerprint density at radius 2 is 2.12 bits per heavy atom. The van der Waals surface area contributed by atoms with Crippen LogP contribution >= 0.6 is 0 Å². The highest BCUT2D eigenvalue weighted by molar-refractivity contribution is 4.95. The zero-order chi connectivity index (χ0) is 12.9. The first-order valence-electron chi connectivity index (χ1n) is 6.34. The molecule has 0 aromatic heterocycles. The fourth-order valence-corrected chi connectivity index (χ4v) is 2.17. The maximum absolute atomic E-state index is 8.81. The van der Waals surface area contributed by atoms with Crippen LogP contribution in [-0.2, 0) is 4.74 Å². The Bertz CT molecular complexity index is 287. The number of rotatable bonds is 8. The molecule has 5 nitrogen and oxygen atoms in total. The molecule has 0 spiro atoms. The van der Waals surface area contributed by atoms with Gasteiger partial charge in [0.05, 0.1) is 11.7 Å². The van der Waals surface area contributed by atoms with Gasteiger partial charge in [-0.15, -0.1) is 0 Å². The highest BCUT2D eigenvalue weighted by Gasteiger charge is 2.47. The van der Waals surface area contributed by atoms with E-state index in [2.05, 4.69) is 30.8 Å². The van der Waals surface area contributed by atoms with Crippen molar-refractivity contribution in [2.75, 3.05) is 6.61 Å². The van der Waals surface area contributed by atoms with Crippen LogP contribution in [0.4, 0.5) is 0 Å². The van der Waals surface area contributed by atoms with Crippen LogP contribution in [0.5, 0.6) is 0 Å². The first-order chi connectivity index (χ1) is 8.01. The van der Waals surface area contributed by atoms with Crippen LogP contribution in [0, 0.1) is 5.92 Å². The highest BCUT2D eigenvalue weighted by atomic mass is 16.6. The highest BCUT2D eigenvalue weighted by Crippen LogP contribution is 2.39. The smallest absolute Gasteiger partial charge is 0.0892 e. The van der Waals surface area contributed by atoms with Crippen molar-refractivity contribution in [1.29, 1.82) is 0 Å². The SMILES string of the molecule is C[C@H](CCC1OC1(C)C)[C@H](CCCO)N=[N+]=[N-]. The average molecular weight is 241 g/mol. The van der Waals surface area contributed by atoms with Gasteiger partial charge in [0.15, 0.2) is 0 Å². The molecule has 0 aromatic rings. The van der Waals surface area contributed by atoms with Gasteiger partial charge in [0.25, 0.3) is 0 Å². The summed E-state index contributed by atoms with van der Waals surface area (Å²) in [7, 11) is 0. The van der Waals surface area contributed by atoms with E-state index in [1.165, 1.54) is 0 Å². The van der Waals surface area contributed by atoms with Crippen molar-refractivity contribution in [2.24, 2.45) is 11.0 Å². The quantitative estimate of drug-likeness (QED) is 0.306. The van der Waals surface area contributed by atoms with Crippen LogP contribution in [0.15, 0.2) is 5.11 Å². The van der Waals surface area contributed by atoms with Gasteiger partial charge in [-0.3, -0.25) is 0 Å². The van der Waals surface area contributed by atoms with Gasteiger partial charge < -0.3 is 9.84 Å². The van der Waals surface area contributed by atoms with Crippen LogP contribution in [0.3, 0.4) is 0 Å². The Morgan fingerprint density at radius 1 is 1.47 bits per heavy atom. The molecule has 0 saturated carbocycles. The van der Waals surface area contributed by atoms with E-state index < -0.39 is 0 Å². The fourth-order valence-electron chi connectivity index (χ4n) is 2.17. The minimum atomic E-state index is -0.00554. The first-order valence-corrected chi connectivity index (χ1v) is 6.34. The maximum atomic E-state index is 8.81. The van der Waals surface area contributed by atoms with Crippen LogP contribution in [0.2, 0.25) is 0 Å².